The molecule has 19 heavy (non-hydrogen) atoms. The molecule has 0 saturated carbocycles. The summed E-state index contributed by atoms with van der Waals surface area (Å²) >= 11 is 6.03. The van der Waals surface area contributed by atoms with E-state index in [0.29, 0.717) is 12.0 Å². The number of nitrogens with one attached hydrogen (secondary N) is 1. The van der Waals surface area contributed by atoms with Gasteiger partial charge in [-0.1, -0.05) is 37.6 Å². The van der Waals surface area contributed by atoms with Crippen molar-refractivity contribution < 1.29 is 0 Å². The van der Waals surface area contributed by atoms with Gasteiger partial charge >= 0.3 is 0 Å². The molecule has 2 atom stereocenters. The zero-order valence-electron chi connectivity index (χ0n) is 12.6. The standard InChI is InChI=1S/C16H27ClN2/c1-5-9-18-11-13(2)14(3)19(4)12-15-7-6-8-16(17)10-15/h6-8,10,13-14,18H,5,9,11-12H2,1-4H3. The van der Waals surface area contributed by atoms with Gasteiger partial charge in [0.2, 0.25) is 0 Å². The summed E-state index contributed by atoms with van der Waals surface area (Å²) in [6.07, 6.45) is 1.19. The van der Waals surface area contributed by atoms with Crippen molar-refractivity contribution in [2.75, 3.05) is 20.1 Å². The van der Waals surface area contributed by atoms with Gasteiger partial charge in [0.1, 0.15) is 0 Å². The largest absolute Gasteiger partial charge is 0.316 e. The molecule has 0 aliphatic heterocycles. The van der Waals surface area contributed by atoms with Crippen LogP contribution in [0.25, 0.3) is 0 Å². The highest BCUT2D eigenvalue weighted by molar-refractivity contribution is 6.30. The van der Waals surface area contributed by atoms with Crippen molar-refractivity contribution in [3.63, 3.8) is 0 Å². The van der Waals surface area contributed by atoms with E-state index in [1.54, 1.807) is 0 Å². The van der Waals surface area contributed by atoms with Crippen LogP contribution in [0.5, 0.6) is 0 Å². The predicted molar refractivity (Wildman–Crippen MR) is 84.7 cm³/mol. The molecule has 3 heteroatoms. The maximum atomic E-state index is 6.03. The van der Waals surface area contributed by atoms with E-state index in [2.05, 4.69) is 44.1 Å². The second-order valence-electron chi connectivity index (χ2n) is 5.47. The van der Waals surface area contributed by atoms with E-state index in [1.165, 1.54) is 12.0 Å². The van der Waals surface area contributed by atoms with Gasteiger partial charge in [0.05, 0.1) is 0 Å². The van der Waals surface area contributed by atoms with Gasteiger partial charge in [0, 0.05) is 17.6 Å². The van der Waals surface area contributed by atoms with E-state index in [4.69, 9.17) is 11.6 Å². The first-order valence-corrected chi connectivity index (χ1v) is 7.57. The molecule has 1 aromatic carbocycles. The summed E-state index contributed by atoms with van der Waals surface area (Å²) in [6, 6.07) is 8.66. The first-order valence-electron chi connectivity index (χ1n) is 7.20. The summed E-state index contributed by atoms with van der Waals surface area (Å²) < 4.78 is 0. The van der Waals surface area contributed by atoms with Crippen LogP contribution in [0.15, 0.2) is 24.3 Å². The summed E-state index contributed by atoms with van der Waals surface area (Å²) in [5.74, 6) is 0.635. The quantitative estimate of drug-likeness (QED) is 0.730. The van der Waals surface area contributed by atoms with Crippen LogP contribution < -0.4 is 5.32 Å². The zero-order valence-corrected chi connectivity index (χ0v) is 13.4. The molecule has 0 amide bonds. The van der Waals surface area contributed by atoms with E-state index in [0.717, 1.165) is 24.7 Å². The van der Waals surface area contributed by atoms with Gasteiger partial charge in [-0.05, 0) is 57.1 Å². The normalized spacial score (nSPS) is 14.6. The highest BCUT2D eigenvalue weighted by atomic mass is 35.5. The minimum absolute atomic E-state index is 0.545. The van der Waals surface area contributed by atoms with Gasteiger partial charge in [-0.15, -0.1) is 0 Å². The van der Waals surface area contributed by atoms with Crippen LogP contribution in [0.2, 0.25) is 5.02 Å². The highest BCUT2D eigenvalue weighted by Gasteiger charge is 2.16. The lowest BCUT2D eigenvalue weighted by Gasteiger charge is -2.30. The number of nitrogens with zero attached hydrogens (tertiary/aromatic N) is 1. The van der Waals surface area contributed by atoms with Gasteiger partial charge in [0.15, 0.2) is 0 Å². The van der Waals surface area contributed by atoms with Crippen LogP contribution in [0, 0.1) is 5.92 Å². The Balaban J connectivity index is 2.45. The molecule has 108 valence electrons. The number of hydrogen-bond donors (Lipinski definition) is 1. The molecule has 0 aliphatic rings. The second-order valence-corrected chi connectivity index (χ2v) is 5.90. The molecule has 1 N–H and O–H groups in total. The molecular formula is C16H27ClN2. The van der Waals surface area contributed by atoms with E-state index in [9.17, 15) is 0 Å². The maximum absolute atomic E-state index is 6.03. The highest BCUT2D eigenvalue weighted by Crippen LogP contribution is 2.15. The topological polar surface area (TPSA) is 15.3 Å². The fourth-order valence-corrected chi connectivity index (χ4v) is 2.39. The first kappa shape index (κ1) is 16.5. The molecule has 2 unspecified atom stereocenters. The van der Waals surface area contributed by atoms with Crippen LogP contribution in [-0.2, 0) is 6.54 Å². The van der Waals surface area contributed by atoms with E-state index >= 15 is 0 Å². The Morgan fingerprint density at radius 2 is 2.05 bits per heavy atom. The van der Waals surface area contributed by atoms with Gasteiger partial charge in [-0.2, -0.15) is 0 Å². The maximum Gasteiger partial charge on any atom is 0.0409 e. The SMILES string of the molecule is CCCNCC(C)C(C)N(C)Cc1cccc(Cl)c1. The Kier molecular flexibility index (Phi) is 7.44. The summed E-state index contributed by atoms with van der Waals surface area (Å²) in [6.45, 7) is 9.93. The molecule has 0 spiro atoms. The van der Waals surface area contributed by atoms with E-state index in [-0.39, 0.29) is 0 Å². The summed E-state index contributed by atoms with van der Waals surface area (Å²) in [7, 11) is 2.18. The number of benzene rings is 1. The molecule has 0 radical (unpaired) electrons. The van der Waals surface area contributed by atoms with Crippen molar-refractivity contribution in [1.29, 1.82) is 0 Å². The predicted octanol–water partition coefficient (Wildman–Crippen LogP) is 3.80. The third-order valence-corrected chi connectivity index (χ3v) is 3.97. The van der Waals surface area contributed by atoms with Crippen LogP contribution in [-0.4, -0.2) is 31.1 Å². The van der Waals surface area contributed by atoms with Crippen LogP contribution in [0.4, 0.5) is 0 Å². The third kappa shape index (κ3) is 5.94. The van der Waals surface area contributed by atoms with Gasteiger partial charge in [-0.25, -0.2) is 0 Å². The summed E-state index contributed by atoms with van der Waals surface area (Å²) in [4.78, 5) is 2.39. The Morgan fingerprint density at radius 3 is 2.68 bits per heavy atom. The minimum atomic E-state index is 0.545. The average molecular weight is 283 g/mol. The lowest BCUT2D eigenvalue weighted by Crippen LogP contribution is -2.38. The smallest absolute Gasteiger partial charge is 0.0409 e. The Morgan fingerprint density at radius 1 is 1.32 bits per heavy atom. The molecule has 1 rings (SSSR count). The molecule has 0 aliphatic carbocycles. The molecule has 0 heterocycles. The Bertz CT molecular complexity index is 368. The molecule has 0 saturated heterocycles. The third-order valence-electron chi connectivity index (χ3n) is 3.73. The lowest BCUT2D eigenvalue weighted by molar-refractivity contribution is 0.189. The second kappa shape index (κ2) is 8.57. The van der Waals surface area contributed by atoms with Gasteiger partial charge in [0.25, 0.3) is 0 Å². The molecular weight excluding hydrogens is 256 g/mol. The summed E-state index contributed by atoms with van der Waals surface area (Å²) in [5, 5.41) is 4.31. The van der Waals surface area contributed by atoms with Crippen molar-refractivity contribution >= 4 is 11.6 Å². The minimum Gasteiger partial charge on any atom is -0.316 e. The molecule has 0 bridgehead atoms. The first-order chi connectivity index (χ1) is 9.04. The fraction of sp³-hybridized carbons (Fsp3) is 0.625. The van der Waals surface area contributed by atoms with Crippen LogP contribution in [0.3, 0.4) is 0 Å². The number of halogens is 1. The number of hydrogen-bond acceptors (Lipinski definition) is 2. The van der Waals surface area contributed by atoms with Crippen LogP contribution in [0.1, 0.15) is 32.8 Å². The monoisotopic (exact) mass is 282 g/mol. The van der Waals surface area contributed by atoms with Gasteiger partial charge in [-0.3, -0.25) is 4.90 Å². The Labute approximate surface area is 123 Å². The van der Waals surface area contributed by atoms with E-state index < -0.39 is 0 Å². The van der Waals surface area contributed by atoms with Crippen molar-refractivity contribution in [3.8, 4) is 0 Å². The van der Waals surface area contributed by atoms with Crippen molar-refractivity contribution in [1.82, 2.24) is 10.2 Å². The summed E-state index contributed by atoms with van der Waals surface area (Å²) in [5.41, 5.74) is 1.27. The molecule has 0 aromatic heterocycles. The zero-order chi connectivity index (χ0) is 14.3. The number of rotatable bonds is 8. The van der Waals surface area contributed by atoms with Crippen LogP contribution >= 0.6 is 11.6 Å². The van der Waals surface area contributed by atoms with E-state index in [1.807, 2.05) is 18.2 Å². The molecule has 0 fully saturated rings. The Hall–Kier alpha value is -0.570. The van der Waals surface area contributed by atoms with Crippen molar-refractivity contribution in [2.45, 2.75) is 39.8 Å². The molecule has 2 nitrogen and oxygen atoms in total. The molecule has 1 aromatic rings. The van der Waals surface area contributed by atoms with Gasteiger partial charge < -0.3 is 5.32 Å². The van der Waals surface area contributed by atoms with Crippen molar-refractivity contribution in [2.24, 2.45) is 5.92 Å². The average Bonchev–Trinajstić information content (AvgIpc) is 2.38. The fourth-order valence-electron chi connectivity index (χ4n) is 2.18. The lowest BCUT2D eigenvalue weighted by atomic mass is 10.0. The van der Waals surface area contributed by atoms with Crippen molar-refractivity contribution in [3.05, 3.63) is 34.9 Å².